The van der Waals surface area contributed by atoms with Gasteiger partial charge in [-0.3, -0.25) is 0 Å². The lowest BCUT2D eigenvalue weighted by Gasteiger charge is -2.16. The molecule has 0 heterocycles. The number of halogens is 1. The second-order valence-electron chi connectivity index (χ2n) is 5.22. The molecular weight excluding hydrogens is 288 g/mol. The molecule has 0 bridgehead atoms. The number of aromatic carboxylic acids is 1. The van der Waals surface area contributed by atoms with Crippen molar-refractivity contribution in [3.8, 4) is 11.5 Å². The molecule has 2 rings (SSSR count). The fraction of sp³-hybridized carbons (Fsp3) is 0.235. The Balaban J connectivity index is 2.50. The standard InChI is InChI=1S/C17H17ClO3/c1-10(2)12-8-7-11(3)9-15(12)21-14-6-4-5-13(18)16(14)17(19)20/h4-10H,1-3H3,(H,19,20). The van der Waals surface area contributed by atoms with E-state index in [0.29, 0.717) is 5.75 Å². The lowest BCUT2D eigenvalue weighted by molar-refractivity contribution is 0.0694. The third kappa shape index (κ3) is 3.37. The van der Waals surface area contributed by atoms with Gasteiger partial charge in [-0.1, -0.05) is 43.6 Å². The van der Waals surface area contributed by atoms with Crippen LogP contribution in [-0.4, -0.2) is 11.1 Å². The molecule has 0 saturated carbocycles. The molecule has 0 aromatic heterocycles. The van der Waals surface area contributed by atoms with Crippen molar-refractivity contribution in [1.82, 2.24) is 0 Å². The van der Waals surface area contributed by atoms with Crippen molar-refractivity contribution >= 4 is 17.6 Å². The third-order valence-corrected chi connectivity index (χ3v) is 3.52. The monoisotopic (exact) mass is 304 g/mol. The molecule has 0 amide bonds. The summed E-state index contributed by atoms with van der Waals surface area (Å²) in [6, 6.07) is 10.7. The molecule has 0 aliphatic rings. The maximum atomic E-state index is 11.4. The van der Waals surface area contributed by atoms with Crippen LogP contribution in [-0.2, 0) is 0 Å². The second-order valence-corrected chi connectivity index (χ2v) is 5.62. The Morgan fingerprint density at radius 3 is 2.52 bits per heavy atom. The van der Waals surface area contributed by atoms with E-state index in [-0.39, 0.29) is 22.3 Å². The van der Waals surface area contributed by atoms with Crippen molar-refractivity contribution < 1.29 is 14.6 Å². The molecule has 1 N–H and O–H groups in total. The number of ether oxygens (including phenoxy) is 1. The first-order chi connectivity index (χ1) is 9.90. The Hall–Kier alpha value is -2.00. The number of carboxylic acid groups (broad SMARTS) is 1. The maximum absolute atomic E-state index is 11.4. The fourth-order valence-corrected chi connectivity index (χ4v) is 2.37. The Bertz CT molecular complexity index is 678. The van der Waals surface area contributed by atoms with Crippen molar-refractivity contribution in [3.05, 3.63) is 58.1 Å². The van der Waals surface area contributed by atoms with Crippen LogP contribution in [0.5, 0.6) is 11.5 Å². The first-order valence-corrected chi connectivity index (χ1v) is 7.08. The van der Waals surface area contributed by atoms with Gasteiger partial charge < -0.3 is 9.84 Å². The zero-order valence-electron chi connectivity index (χ0n) is 12.2. The van der Waals surface area contributed by atoms with E-state index in [4.69, 9.17) is 16.3 Å². The van der Waals surface area contributed by atoms with Gasteiger partial charge in [-0.15, -0.1) is 0 Å². The van der Waals surface area contributed by atoms with Gasteiger partial charge in [-0.2, -0.15) is 0 Å². The van der Waals surface area contributed by atoms with Crippen LogP contribution in [0.25, 0.3) is 0 Å². The molecule has 4 heteroatoms. The van der Waals surface area contributed by atoms with Gasteiger partial charge in [0, 0.05) is 0 Å². The number of aryl methyl sites for hydroxylation is 1. The summed E-state index contributed by atoms with van der Waals surface area (Å²) in [7, 11) is 0. The summed E-state index contributed by atoms with van der Waals surface area (Å²) in [5.41, 5.74) is 2.06. The van der Waals surface area contributed by atoms with E-state index >= 15 is 0 Å². The van der Waals surface area contributed by atoms with Gasteiger partial charge in [0.15, 0.2) is 0 Å². The smallest absolute Gasteiger partial charge is 0.341 e. The minimum absolute atomic E-state index is 0.0182. The second kappa shape index (κ2) is 6.19. The van der Waals surface area contributed by atoms with Crippen molar-refractivity contribution in [2.45, 2.75) is 26.7 Å². The first-order valence-electron chi connectivity index (χ1n) is 6.70. The van der Waals surface area contributed by atoms with Crippen molar-refractivity contribution in [2.24, 2.45) is 0 Å². The molecule has 0 unspecified atom stereocenters. The highest BCUT2D eigenvalue weighted by Gasteiger charge is 2.18. The van der Waals surface area contributed by atoms with E-state index in [1.807, 2.05) is 25.1 Å². The molecule has 2 aromatic carbocycles. The van der Waals surface area contributed by atoms with Crippen molar-refractivity contribution in [2.75, 3.05) is 0 Å². The average molecular weight is 305 g/mol. The van der Waals surface area contributed by atoms with Gasteiger partial charge in [-0.25, -0.2) is 4.79 Å². The van der Waals surface area contributed by atoms with Crippen molar-refractivity contribution in [3.63, 3.8) is 0 Å². The molecule has 21 heavy (non-hydrogen) atoms. The summed E-state index contributed by atoms with van der Waals surface area (Å²) in [5, 5.41) is 9.46. The summed E-state index contributed by atoms with van der Waals surface area (Å²) < 4.78 is 5.86. The van der Waals surface area contributed by atoms with Crippen LogP contribution in [0.1, 0.15) is 41.3 Å². The van der Waals surface area contributed by atoms with Crippen LogP contribution in [0, 0.1) is 6.92 Å². The summed E-state index contributed by atoms with van der Waals surface area (Å²) in [6.45, 7) is 6.09. The molecular formula is C17H17ClO3. The SMILES string of the molecule is Cc1ccc(C(C)C)c(Oc2cccc(Cl)c2C(=O)O)c1. The summed E-state index contributed by atoms with van der Waals surface area (Å²) >= 11 is 5.96. The molecule has 0 fully saturated rings. The molecule has 0 spiro atoms. The van der Waals surface area contributed by atoms with E-state index < -0.39 is 5.97 Å². The number of rotatable bonds is 4. The summed E-state index contributed by atoms with van der Waals surface area (Å²) in [5.74, 6) is 0.0830. The number of hydrogen-bond donors (Lipinski definition) is 1. The average Bonchev–Trinajstić information content (AvgIpc) is 2.37. The Kier molecular flexibility index (Phi) is 4.53. The van der Waals surface area contributed by atoms with Crippen molar-refractivity contribution in [1.29, 1.82) is 0 Å². The fourth-order valence-electron chi connectivity index (χ4n) is 2.12. The van der Waals surface area contributed by atoms with Crippen LogP contribution in [0.2, 0.25) is 5.02 Å². The predicted molar refractivity (Wildman–Crippen MR) is 83.8 cm³/mol. The number of carbonyl (C=O) groups is 1. The summed E-state index contributed by atoms with van der Waals surface area (Å²) in [4.78, 5) is 11.4. The van der Waals surface area contributed by atoms with E-state index in [9.17, 15) is 9.90 Å². The highest BCUT2D eigenvalue weighted by atomic mass is 35.5. The molecule has 0 aliphatic carbocycles. The quantitative estimate of drug-likeness (QED) is 0.837. The highest BCUT2D eigenvalue weighted by molar-refractivity contribution is 6.33. The zero-order valence-corrected chi connectivity index (χ0v) is 12.9. The minimum Gasteiger partial charge on any atom is -0.478 e. The van der Waals surface area contributed by atoms with Crippen LogP contribution in [0.3, 0.4) is 0 Å². The Morgan fingerprint density at radius 2 is 1.90 bits per heavy atom. The number of hydrogen-bond acceptors (Lipinski definition) is 2. The van der Waals surface area contributed by atoms with E-state index in [2.05, 4.69) is 13.8 Å². The molecule has 3 nitrogen and oxygen atoms in total. The van der Waals surface area contributed by atoms with Crippen LogP contribution < -0.4 is 4.74 Å². The topological polar surface area (TPSA) is 46.5 Å². The zero-order chi connectivity index (χ0) is 15.6. The van der Waals surface area contributed by atoms with Crippen LogP contribution >= 0.6 is 11.6 Å². The molecule has 110 valence electrons. The Labute approximate surface area is 129 Å². The van der Waals surface area contributed by atoms with Gasteiger partial charge in [0.25, 0.3) is 0 Å². The molecule has 2 aromatic rings. The minimum atomic E-state index is -1.10. The number of benzene rings is 2. The van der Waals surface area contributed by atoms with Gasteiger partial charge in [0.2, 0.25) is 0 Å². The van der Waals surface area contributed by atoms with Gasteiger partial charge >= 0.3 is 5.97 Å². The van der Waals surface area contributed by atoms with Crippen LogP contribution in [0.4, 0.5) is 0 Å². The third-order valence-electron chi connectivity index (χ3n) is 3.20. The maximum Gasteiger partial charge on any atom is 0.341 e. The van der Waals surface area contributed by atoms with E-state index in [1.54, 1.807) is 12.1 Å². The van der Waals surface area contributed by atoms with Gasteiger partial charge in [0.05, 0.1) is 5.02 Å². The van der Waals surface area contributed by atoms with E-state index in [1.165, 1.54) is 6.07 Å². The Morgan fingerprint density at radius 1 is 1.19 bits per heavy atom. The number of carboxylic acids is 1. The first kappa shape index (κ1) is 15.4. The van der Waals surface area contributed by atoms with E-state index in [0.717, 1.165) is 11.1 Å². The van der Waals surface area contributed by atoms with Gasteiger partial charge in [-0.05, 0) is 42.2 Å². The molecule has 0 radical (unpaired) electrons. The van der Waals surface area contributed by atoms with Crippen LogP contribution in [0.15, 0.2) is 36.4 Å². The molecule has 0 atom stereocenters. The normalized spacial score (nSPS) is 10.7. The highest BCUT2D eigenvalue weighted by Crippen LogP contribution is 2.35. The predicted octanol–water partition coefficient (Wildman–Crippen LogP) is 5.26. The summed E-state index contributed by atoms with van der Waals surface area (Å²) in [6.07, 6.45) is 0. The lowest BCUT2D eigenvalue weighted by atomic mass is 10.0. The van der Waals surface area contributed by atoms with Gasteiger partial charge in [0.1, 0.15) is 17.1 Å². The molecule has 0 aliphatic heterocycles. The lowest BCUT2D eigenvalue weighted by Crippen LogP contribution is -2.02. The molecule has 0 saturated heterocycles. The largest absolute Gasteiger partial charge is 0.478 e.